The van der Waals surface area contributed by atoms with Crippen molar-refractivity contribution in [1.29, 1.82) is 0 Å². The van der Waals surface area contributed by atoms with Gasteiger partial charge < -0.3 is 0 Å². The predicted octanol–water partition coefficient (Wildman–Crippen LogP) is 3.35. The van der Waals surface area contributed by atoms with Gasteiger partial charge in [-0.05, 0) is 52.3 Å². The van der Waals surface area contributed by atoms with Crippen LogP contribution in [-0.4, -0.2) is 4.37 Å². The van der Waals surface area contributed by atoms with Crippen molar-refractivity contribution in [3.8, 4) is 11.3 Å². The van der Waals surface area contributed by atoms with Crippen LogP contribution in [0.5, 0.6) is 0 Å². The fourth-order valence-electron chi connectivity index (χ4n) is 0.996. The molecule has 0 N–H and O–H groups in total. The van der Waals surface area contributed by atoms with Crippen LogP contribution in [0.3, 0.4) is 0 Å². The predicted molar refractivity (Wildman–Crippen MR) is 59.1 cm³/mol. The quantitative estimate of drug-likeness (QED) is 0.736. The second-order valence-corrected chi connectivity index (χ2v) is 4.22. The molecule has 1 aromatic heterocycles. The normalized spacial score (nSPS) is 10.3. The highest BCUT2D eigenvalue weighted by Crippen LogP contribution is 2.24. The Labute approximate surface area is 92.9 Å². The van der Waals surface area contributed by atoms with Gasteiger partial charge in [0, 0.05) is 20.6 Å². The molecule has 1 aromatic carbocycles. The minimum Gasteiger partial charge on any atom is -0.207 e. The van der Waals surface area contributed by atoms with Crippen LogP contribution in [0.1, 0.15) is 0 Å². The Kier molecular flexibility index (Phi) is 2.59. The number of rotatable bonds is 1. The molecule has 0 saturated heterocycles. The molecular formula is C9H4FINS. The van der Waals surface area contributed by atoms with Crippen LogP contribution in [-0.2, 0) is 0 Å². The molecule has 4 heteroatoms. The lowest BCUT2D eigenvalue weighted by Crippen LogP contribution is -1.84. The molecule has 1 radical (unpaired) electrons. The molecule has 13 heavy (non-hydrogen) atoms. The lowest BCUT2D eigenvalue weighted by atomic mass is 10.1. The van der Waals surface area contributed by atoms with Crippen LogP contribution >= 0.6 is 34.1 Å². The van der Waals surface area contributed by atoms with Gasteiger partial charge in [-0.25, -0.2) is 4.39 Å². The number of hydrogen-bond acceptors (Lipinski definition) is 2. The van der Waals surface area contributed by atoms with E-state index in [0.717, 1.165) is 14.8 Å². The largest absolute Gasteiger partial charge is 0.207 e. The molecule has 1 nitrogen and oxygen atoms in total. The zero-order valence-corrected chi connectivity index (χ0v) is 9.39. The first-order chi connectivity index (χ1) is 6.27. The summed E-state index contributed by atoms with van der Waals surface area (Å²) in [5.74, 6) is -0.219. The third-order valence-electron chi connectivity index (χ3n) is 1.58. The summed E-state index contributed by atoms with van der Waals surface area (Å²) in [6.07, 6.45) is 0. The SMILES string of the molecule is Fc1ccc(-c2[c]csn2)c(I)c1. The Morgan fingerprint density at radius 1 is 1.46 bits per heavy atom. The van der Waals surface area contributed by atoms with E-state index in [1.54, 1.807) is 11.4 Å². The van der Waals surface area contributed by atoms with Gasteiger partial charge in [-0.2, -0.15) is 4.37 Å². The van der Waals surface area contributed by atoms with Gasteiger partial charge in [0.25, 0.3) is 0 Å². The molecule has 0 fully saturated rings. The highest BCUT2D eigenvalue weighted by molar-refractivity contribution is 14.1. The summed E-state index contributed by atoms with van der Waals surface area (Å²) in [6.45, 7) is 0. The van der Waals surface area contributed by atoms with E-state index in [1.165, 1.54) is 23.7 Å². The first kappa shape index (κ1) is 9.08. The first-order valence-electron chi connectivity index (χ1n) is 3.55. The minimum absolute atomic E-state index is 0.219. The third kappa shape index (κ3) is 1.88. The molecule has 2 aromatic rings. The Bertz CT molecular complexity index is 414. The van der Waals surface area contributed by atoms with E-state index in [4.69, 9.17) is 0 Å². The Balaban J connectivity index is 2.53. The molecule has 0 saturated carbocycles. The van der Waals surface area contributed by atoms with Gasteiger partial charge in [0.2, 0.25) is 0 Å². The van der Waals surface area contributed by atoms with E-state index < -0.39 is 0 Å². The van der Waals surface area contributed by atoms with Crippen molar-refractivity contribution < 1.29 is 4.39 Å². The Morgan fingerprint density at radius 2 is 2.31 bits per heavy atom. The first-order valence-corrected chi connectivity index (χ1v) is 5.46. The molecular weight excluding hydrogens is 300 g/mol. The van der Waals surface area contributed by atoms with E-state index in [2.05, 4.69) is 33.0 Å². The van der Waals surface area contributed by atoms with Crippen molar-refractivity contribution >= 4 is 34.1 Å². The minimum atomic E-state index is -0.219. The summed E-state index contributed by atoms with van der Waals surface area (Å²) in [4.78, 5) is 0. The van der Waals surface area contributed by atoms with Gasteiger partial charge in [-0.1, -0.05) is 0 Å². The lowest BCUT2D eigenvalue weighted by molar-refractivity contribution is 0.627. The average molecular weight is 304 g/mol. The summed E-state index contributed by atoms with van der Waals surface area (Å²) in [7, 11) is 0. The number of benzene rings is 1. The molecule has 0 aliphatic heterocycles. The van der Waals surface area contributed by atoms with Gasteiger partial charge in [-0.15, -0.1) is 0 Å². The zero-order chi connectivity index (χ0) is 9.26. The van der Waals surface area contributed by atoms with E-state index in [9.17, 15) is 4.39 Å². The highest BCUT2D eigenvalue weighted by Gasteiger charge is 2.05. The topological polar surface area (TPSA) is 12.9 Å². The molecule has 0 aliphatic rings. The van der Waals surface area contributed by atoms with E-state index >= 15 is 0 Å². The lowest BCUT2D eigenvalue weighted by Gasteiger charge is -1.99. The number of aromatic nitrogens is 1. The fourth-order valence-corrected chi connectivity index (χ4v) is 2.20. The highest BCUT2D eigenvalue weighted by atomic mass is 127. The van der Waals surface area contributed by atoms with Crippen LogP contribution in [0.2, 0.25) is 0 Å². The third-order valence-corrected chi connectivity index (χ3v) is 2.98. The number of hydrogen-bond donors (Lipinski definition) is 0. The van der Waals surface area contributed by atoms with Crippen molar-refractivity contribution in [2.75, 3.05) is 0 Å². The number of nitrogens with zero attached hydrogens (tertiary/aromatic N) is 1. The molecule has 0 amide bonds. The van der Waals surface area contributed by atoms with Crippen LogP contribution in [0, 0.1) is 15.5 Å². The Morgan fingerprint density at radius 3 is 2.92 bits per heavy atom. The summed E-state index contributed by atoms with van der Waals surface area (Å²) < 4.78 is 17.8. The summed E-state index contributed by atoms with van der Waals surface area (Å²) in [5.41, 5.74) is 1.72. The van der Waals surface area contributed by atoms with Gasteiger partial charge >= 0.3 is 0 Å². The van der Waals surface area contributed by atoms with Crippen molar-refractivity contribution in [3.05, 3.63) is 39.0 Å². The molecule has 0 bridgehead atoms. The summed E-state index contributed by atoms with van der Waals surface area (Å²) >= 11 is 3.44. The van der Waals surface area contributed by atoms with Gasteiger partial charge in [0.1, 0.15) is 5.82 Å². The van der Waals surface area contributed by atoms with E-state index in [0.29, 0.717) is 0 Å². The van der Waals surface area contributed by atoms with Crippen LogP contribution in [0.4, 0.5) is 4.39 Å². The smallest absolute Gasteiger partial charge is 0.124 e. The van der Waals surface area contributed by atoms with Gasteiger partial charge in [-0.3, -0.25) is 0 Å². The standard InChI is InChI=1S/C9H4FINS/c10-6-1-2-7(8(11)5-6)9-3-4-13-12-9/h1-2,4-5H. The monoisotopic (exact) mass is 304 g/mol. The summed E-state index contributed by atoms with van der Waals surface area (Å²) in [6, 6.07) is 7.64. The van der Waals surface area contributed by atoms with E-state index in [-0.39, 0.29) is 5.82 Å². The maximum atomic E-state index is 12.8. The van der Waals surface area contributed by atoms with Crippen molar-refractivity contribution in [3.63, 3.8) is 0 Å². The van der Waals surface area contributed by atoms with Crippen LogP contribution < -0.4 is 0 Å². The molecule has 2 rings (SSSR count). The van der Waals surface area contributed by atoms with Crippen molar-refractivity contribution in [2.24, 2.45) is 0 Å². The van der Waals surface area contributed by atoms with Gasteiger partial charge in [0.15, 0.2) is 0 Å². The molecule has 0 aliphatic carbocycles. The molecule has 0 unspecified atom stereocenters. The maximum Gasteiger partial charge on any atom is 0.124 e. The number of halogens is 2. The Hall–Kier alpha value is -0.490. The molecule has 1 heterocycles. The fraction of sp³-hybridized carbons (Fsp3) is 0. The second kappa shape index (κ2) is 3.71. The van der Waals surface area contributed by atoms with Crippen molar-refractivity contribution in [2.45, 2.75) is 0 Å². The van der Waals surface area contributed by atoms with Crippen LogP contribution in [0.25, 0.3) is 11.3 Å². The van der Waals surface area contributed by atoms with E-state index in [1.807, 2.05) is 0 Å². The maximum absolute atomic E-state index is 12.8. The molecule has 0 spiro atoms. The van der Waals surface area contributed by atoms with Crippen molar-refractivity contribution in [1.82, 2.24) is 4.37 Å². The molecule has 0 atom stereocenters. The zero-order valence-electron chi connectivity index (χ0n) is 6.42. The van der Waals surface area contributed by atoms with Gasteiger partial charge in [0.05, 0.1) is 5.69 Å². The average Bonchev–Trinajstić information content (AvgIpc) is 2.56. The van der Waals surface area contributed by atoms with Crippen LogP contribution in [0.15, 0.2) is 23.6 Å². The second-order valence-electron chi connectivity index (χ2n) is 2.43. The molecule has 65 valence electrons. The summed E-state index contributed by atoms with van der Waals surface area (Å²) in [5, 5.41) is 1.79.